The Bertz CT molecular complexity index is 375. The minimum absolute atomic E-state index is 0.197. The van der Waals surface area contributed by atoms with Crippen LogP contribution in [0.3, 0.4) is 0 Å². The van der Waals surface area contributed by atoms with Crippen LogP contribution in [0.15, 0.2) is 36.3 Å². The normalized spacial score (nSPS) is 11.5. The summed E-state index contributed by atoms with van der Waals surface area (Å²) < 4.78 is 54.0. The highest BCUT2D eigenvalue weighted by atomic mass is 19.4. The third-order valence-corrected chi connectivity index (χ3v) is 1.97. The van der Waals surface area contributed by atoms with E-state index in [2.05, 4.69) is 6.58 Å². The summed E-state index contributed by atoms with van der Waals surface area (Å²) in [7, 11) is 0. The van der Waals surface area contributed by atoms with Gasteiger partial charge in [-0.1, -0.05) is 18.2 Å². The Morgan fingerprint density at radius 3 is 2.44 bits per heavy atom. The van der Waals surface area contributed by atoms with Crippen LogP contribution in [0.4, 0.5) is 17.3 Å². The molecular weight excluding hydrogens is 223 g/mol. The Morgan fingerprint density at radius 1 is 1.25 bits per heavy atom. The maximum atomic E-state index is 13.0. The first-order chi connectivity index (χ1) is 7.41. The highest BCUT2D eigenvalue weighted by molar-refractivity contribution is 6.66. The standard InChI is InChI=1S/C10H10BF4O/c1-8(11(13,14)15)6-16-7-9-4-2-3-5-10(9)12/h2-5H,1,6-7H2/q-1. The molecule has 1 aromatic rings. The molecule has 0 heterocycles. The van der Waals surface area contributed by atoms with Gasteiger partial charge in [-0.15, -0.1) is 12.1 Å². The van der Waals surface area contributed by atoms with Gasteiger partial charge in [-0.3, -0.25) is 0 Å². The molecule has 0 radical (unpaired) electrons. The zero-order valence-corrected chi connectivity index (χ0v) is 8.43. The molecule has 0 saturated carbocycles. The molecule has 1 rings (SSSR count). The Morgan fingerprint density at radius 2 is 1.88 bits per heavy atom. The van der Waals surface area contributed by atoms with Crippen molar-refractivity contribution < 1.29 is 22.1 Å². The molecule has 0 saturated heterocycles. The Balaban J connectivity index is 2.43. The molecule has 16 heavy (non-hydrogen) atoms. The molecule has 88 valence electrons. The van der Waals surface area contributed by atoms with E-state index in [4.69, 9.17) is 4.74 Å². The van der Waals surface area contributed by atoms with Crippen LogP contribution in [0.2, 0.25) is 0 Å². The van der Waals surface area contributed by atoms with Crippen molar-refractivity contribution in [2.75, 3.05) is 6.61 Å². The second-order valence-electron chi connectivity index (χ2n) is 3.32. The number of ether oxygens (including phenoxy) is 1. The smallest absolute Gasteiger partial charge is 0.445 e. The van der Waals surface area contributed by atoms with Crippen molar-refractivity contribution in [3.63, 3.8) is 0 Å². The molecule has 0 aliphatic carbocycles. The zero-order valence-electron chi connectivity index (χ0n) is 8.43. The van der Waals surface area contributed by atoms with Crippen molar-refractivity contribution in [2.45, 2.75) is 6.61 Å². The zero-order chi connectivity index (χ0) is 12.2. The first-order valence-electron chi connectivity index (χ1n) is 4.60. The van der Waals surface area contributed by atoms with Gasteiger partial charge in [0.25, 0.3) is 0 Å². The molecule has 0 aliphatic heterocycles. The molecule has 0 amide bonds. The van der Waals surface area contributed by atoms with Crippen molar-refractivity contribution in [2.24, 2.45) is 0 Å². The molecule has 1 aromatic carbocycles. The number of hydrogen-bond donors (Lipinski definition) is 0. The SMILES string of the molecule is C=C(COCc1ccccc1F)[B-](F)(F)F. The van der Waals surface area contributed by atoms with E-state index < -0.39 is 24.9 Å². The van der Waals surface area contributed by atoms with Gasteiger partial charge in [0, 0.05) is 12.2 Å². The number of hydrogen-bond acceptors (Lipinski definition) is 1. The fourth-order valence-electron chi connectivity index (χ4n) is 1.00. The maximum absolute atomic E-state index is 13.0. The van der Waals surface area contributed by atoms with Gasteiger partial charge in [0.2, 0.25) is 0 Å². The van der Waals surface area contributed by atoms with Crippen molar-refractivity contribution in [3.05, 3.63) is 47.7 Å². The molecule has 0 aromatic heterocycles. The van der Waals surface area contributed by atoms with Gasteiger partial charge in [0.15, 0.2) is 0 Å². The summed E-state index contributed by atoms with van der Waals surface area (Å²) in [5, 5.41) is 0. The fourth-order valence-corrected chi connectivity index (χ4v) is 1.00. The largest absolute Gasteiger partial charge is 0.507 e. The van der Waals surface area contributed by atoms with E-state index in [1.54, 1.807) is 6.07 Å². The molecule has 0 bridgehead atoms. The van der Waals surface area contributed by atoms with E-state index in [0.29, 0.717) is 0 Å². The lowest BCUT2D eigenvalue weighted by Gasteiger charge is -2.17. The molecule has 0 aliphatic rings. The third kappa shape index (κ3) is 3.69. The predicted octanol–water partition coefficient (Wildman–Crippen LogP) is 3.29. The summed E-state index contributed by atoms with van der Waals surface area (Å²) in [5.74, 6) is -0.495. The quantitative estimate of drug-likeness (QED) is 0.560. The maximum Gasteiger partial charge on any atom is 0.507 e. The lowest BCUT2D eigenvalue weighted by atomic mass is 9.81. The predicted molar refractivity (Wildman–Crippen MR) is 54.3 cm³/mol. The highest BCUT2D eigenvalue weighted by Gasteiger charge is 2.26. The van der Waals surface area contributed by atoms with E-state index in [0.717, 1.165) is 0 Å². The third-order valence-electron chi connectivity index (χ3n) is 1.97. The van der Waals surface area contributed by atoms with Gasteiger partial charge >= 0.3 is 6.98 Å². The fraction of sp³-hybridized carbons (Fsp3) is 0.200. The Kier molecular flexibility index (Phi) is 4.12. The minimum Gasteiger partial charge on any atom is -0.445 e. The van der Waals surface area contributed by atoms with Gasteiger partial charge in [-0.25, -0.2) is 4.39 Å². The van der Waals surface area contributed by atoms with Crippen molar-refractivity contribution in [1.82, 2.24) is 0 Å². The summed E-state index contributed by atoms with van der Waals surface area (Å²) in [6.45, 7) is -3.04. The molecule has 0 unspecified atom stereocenters. The van der Waals surface area contributed by atoms with Crippen molar-refractivity contribution in [1.29, 1.82) is 0 Å². The van der Waals surface area contributed by atoms with Crippen LogP contribution in [0, 0.1) is 5.82 Å². The van der Waals surface area contributed by atoms with Gasteiger partial charge in [-0.2, -0.15) is 0 Å². The van der Waals surface area contributed by atoms with E-state index in [1.165, 1.54) is 18.2 Å². The first kappa shape index (κ1) is 12.8. The minimum atomic E-state index is -5.08. The Labute approximate surface area is 90.8 Å². The lowest BCUT2D eigenvalue weighted by Crippen LogP contribution is -2.22. The topological polar surface area (TPSA) is 9.23 Å². The van der Waals surface area contributed by atoms with Crippen molar-refractivity contribution >= 4 is 6.98 Å². The van der Waals surface area contributed by atoms with Gasteiger partial charge < -0.3 is 17.7 Å². The van der Waals surface area contributed by atoms with E-state index >= 15 is 0 Å². The van der Waals surface area contributed by atoms with Crippen LogP contribution < -0.4 is 0 Å². The summed E-state index contributed by atoms with van der Waals surface area (Å²) in [5.41, 5.74) is -0.693. The van der Waals surface area contributed by atoms with Crippen LogP contribution in [0.5, 0.6) is 0 Å². The highest BCUT2D eigenvalue weighted by Crippen LogP contribution is 2.18. The van der Waals surface area contributed by atoms with Gasteiger partial charge in [-0.05, 0) is 6.07 Å². The number of halogens is 4. The van der Waals surface area contributed by atoms with Crippen molar-refractivity contribution in [3.8, 4) is 0 Å². The van der Waals surface area contributed by atoms with Crippen LogP contribution in [-0.2, 0) is 11.3 Å². The van der Waals surface area contributed by atoms with E-state index in [9.17, 15) is 17.3 Å². The molecule has 0 N–H and O–H groups in total. The number of rotatable bonds is 5. The lowest BCUT2D eigenvalue weighted by molar-refractivity contribution is 0.140. The van der Waals surface area contributed by atoms with E-state index in [-0.39, 0.29) is 12.2 Å². The average molecular weight is 233 g/mol. The second-order valence-corrected chi connectivity index (χ2v) is 3.32. The average Bonchev–Trinajstić information content (AvgIpc) is 2.19. The van der Waals surface area contributed by atoms with Crippen LogP contribution in [0.1, 0.15) is 5.56 Å². The van der Waals surface area contributed by atoms with Crippen LogP contribution in [0.25, 0.3) is 0 Å². The molecule has 6 heteroatoms. The number of benzene rings is 1. The first-order valence-corrected chi connectivity index (χ1v) is 4.60. The summed E-state index contributed by atoms with van der Waals surface area (Å²) >= 11 is 0. The molecular formula is C10H10BF4O-. The summed E-state index contributed by atoms with van der Waals surface area (Å²) in [6.07, 6.45) is 0. The van der Waals surface area contributed by atoms with Crippen LogP contribution >= 0.6 is 0 Å². The molecule has 1 nitrogen and oxygen atoms in total. The monoisotopic (exact) mass is 233 g/mol. The second kappa shape index (κ2) is 5.16. The molecule has 0 atom stereocenters. The summed E-state index contributed by atoms with van der Waals surface area (Å²) in [4.78, 5) is 0. The van der Waals surface area contributed by atoms with E-state index in [1.807, 2.05) is 0 Å². The Hall–Kier alpha value is -1.30. The molecule has 0 spiro atoms. The molecule has 0 fully saturated rings. The van der Waals surface area contributed by atoms with Crippen LogP contribution in [-0.4, -0.2) is 13.6 Å². The van der Waals surface area contributed by atoms with Gasteiger partial charge in [0.1, 0.15) is 5.82 Å². The van der Waals surface area contributed by atoms with Gasteiger partial charge in [0.05, 0.1) is 6.61 Å². The summed E-state index contributed by atoms with van der Waals surface area (Å²) in [6, 6.07) is 5.76.